The Labute approximate surface area is 224 Å². The molecule has 0 saturated heterocycles. The SMILES string of the molecule is CCCCCc1c(-c2ccccc2)n(Cc2ccccc2)c2ccc(-c3ccc(OCC(=O)O)cc3)cc12. The number of nitrogens with zero attached hydrogens (tertiary/aromatic N) is 1. The molecule has 0 saturated carbocycles. The summed E-state index contributed by atoms with van der Waals surface area (Å²) in [6, 6.07) is 35.8. The maximum absolute atomic E-state index is 10.8. The molecule has 0 unspecified atom stereocenters. The third kappa shape index (κ3) is 5.65. The lowest BCUT2D eigenvalue weighted by atomic mass is 9.97. The average molecular weight is 504 g/mol. The molecule has 0 fully saturated rings. The van der Waals surface area contributed by atoms with Crippen molar-refractivity contribution in [3.63, 3.8) is 0 Å². The summed E-state index contributed by atoms with van der Waals surface area (Å²) in [4.78, 5) is 10.8. The minimum atomic E-state index is -0.982. The summed E-state index contributed by atoms with van der Waals surface area (Å²) >= 11 is 0. The van der Waals surface area contributed by atoms with Gasteiger partial charge in [0.15, 0.2) is 6.61 Å². The summed E-state index contributed by atoms with van der Waals surface area (Å²) in [5, 5.41) is 10.2. The molecule has 1 aromatic heterocycles. The topological polar surface area (TPSA) is 51.5 Å². The van der Waals surface area contributed by atoms with E-state index in [0.717, 1.165) is 30.5 Å². The van der Waals surface area contributed by atoms with E-state index in [1.807, 2.05) is 24.3 Å². The molecule has 5 rings (SSSR count). The van der Waals surface area contributed by atoms with E-state index in [1.54, 1.807) is 0 Å². The zero-order valence-electron chi connectivity index (χ0n) is 21.8. The highest BCUT2D eigenvalue weighted by molar-refractivity contribution is 5.95. The molecule has 0 aliphatic rings. The maximum atomic E-state index is 10.8. The first-order valence-electron chi connectivity index (χ1n) is 13.3. The first kappa shape index (κ1) is 25.3. The van der Waals surface area contributed by atoms with Crippen molar-refractivity contribution in [2.75, 3.05) is 6.61 Å². The standard InChI is InChI=1S/C34H33NO3/c1-2-3-6-15-30-31-22-28(26-16-19-29(20-17-26)38-24-33(36)37)18-21-32(31)35(23-25-11-7-4-8-12-25)34(30)27-13-9-5-10-14-27/h4-5,7-14,16-22H,2-3,6,15,23-24H2,1H3,(H,36,37). The number of aromatic nitrogens is 1. The summed E-state index contributed by atoms with van der Waals surface area (Å²) < 4.78 is 7.80. The summed E-state index contributed by atoms with van der Waals surface area (Å²) in [7, 11) is 0. The number of carboxylic acids is 1. The monoisotopic (exact) mass is 503 g/mol. The van der Waals surface area contributed by atoms with E-state index in [9.17, 15) is 4.79 Å². The van der Waals surface area contributed by atoms with E-state index < -0.39 is 5.97 Å². The van der Waals surface area contributed by atoms with Crippen molar-refractivity contribution < 1.29 is 14.6 Å². The van der Waals surface area contributed by atoms with Crippen molar-refractivity contribution in [2.45, 2.75) is 39.2 Å². The normalized spacial score (nSPS) is 11.1. The predicted octanol–water partition coefficient (Wildman–Crippen LogP) is 8.22. The Balaban J connectivity index is 1.63. The van der Waals surface area contributed by atoms with Gasteiger partial charge < -0.3 is 14.4 Å². The fourth-order valence-corrected chi connectivity index (χ4v) is 5.15. The van der Waals surface area contributed by atoms with E-state index in [-0.39, 0.29) is 6.61 Å². The van der Waals surface area contributed by atoms with Gasteiger partial charge >= 0.3 is 5.97 Å². The van der Waals surface area contributed by atoms with Crippen LogP contribution in [0.4, 0.5) is 0 Å². The smallest absolute Gasteiger partial charge is 0.341 e. The number of ether oxygens (including phenoxy) is 1. The first-order chi connectivity index (χ1) is 18.6. The van der Waals surface area contributed by atoms with Gasteiger partial charge in [-0.05, 0) is 64.9 Å². The van der Waals surface area contributed by atoms with E-state index >= 15 is 0 Å². The Bertz CT molecular complexity index is 1500. The molecule has 1 N–H and O–H groups in total. The number of carbonyl (C=O) groups is 1. The minimum absolute atomic E-state index is 0.344. The molecule has 1 heterocycles. The van der Waals surface area contributed by atoms with Gasteiger partial charge in [-0.15, -0.1) is 0 Å². The molecule has 5 aromatic rings. The number of benzene rings is 4. The van der Waals surface area contributed by atoms with Crippen molar-refractivity contribution in [3.8, 4) is 28.1 Å². The van der Waals surface area contributed by atoms with Crippen LogP contribution >= 0.6 is 0 Å². The van der Waals surface area contributed by atoms with Crippen LogP contribution in [-0.2, 0) is 17.8 Å². The van der Waals surface area contributed by atoms with Crippen LogP contribution < -0.4 is 4.74 Å². The highest BCUT2D eigenvalue weighted by atomic mass is 16.5. The molecule has 4 nitrogen and oxygen atoms in total. The van der Waals surface area contributed by atoms with Crippen molar-refractivity contribution in [3.05, 3.63) is 114 Å². The Hall–Kier alpha value is -4.31. The minimum Gasteiger partial charge on any atom is -0.482 e. The number of fused-ring (bicyclic) bond motifs is 1. The number of carboxylic acid groups (broad SMARTS) is 1. The van der Waals surface area contributed by atoms with Gasteiger partial charge in [-0.3, -0.25) is 0 Å². The molecule has 0 radical (unpaired) electrons. The molecule has 192 valence electrons. The molecule has 4 aromatic carbocycles. The van der Waals surface area contributed by atoms with Crippen LogP contribution in [0.1, 0.15) is 37.3 Å². The van der Waals surface area contributed by atoms with Crippen molar-refractivity contribution >= 4 is 16.9 Å². The third-order valence-corrected chi connectivity index (χ3v) is 6.98. The van der Waals surface area contributed by atoms with Crippen LogP contribution in [0.5, 0.6) is 5.75 Å². The molecular formula is C34H33NO3. The van der Waals surface area contributed by atoms with Crippen LogP contribution in [0.3, 0.4) is 0 Å². The van der Waals surface area contributed by atoms with E-state index in [1.165, 1.54) is 46.1 Å². The van der Waals surface area contributed by atoms with Crippen LogP contribution in [0, 0.1) is 0 Å². The van der Waals surface area contributed by atoms with Gasteiger partial charge in [-0.25, -0.2) is 4.79 Å². The lowest BCUT2D eigenvalue weighted by Crippen LogP contribution is -2.09. The quantitative estimate of drug-likeness (QED) is 0.185. The molecule has 0 amide bonds. The average Bonchev–Trinajstić information content (AvgIpc) is 3.25. The zero-order valence-corrected chi connectivity index (χ0v) is 21.8. The van der Waals surface area contributed by atoms with Crippen molar-refractivity contribution in [1.29, 1.82) is 0 Å². The van der Waals surface area contributed by atoms with E-state index in [4.69, 9.17) is 9.84 Å². The van der Waals surface area contributed by atoms with Crippen molar-refractivity contribution in [1.82, 2.24) is 4.57 Å². The van der Waals surface area contributed by atoms with Gasteiger partial charge in [0.2, 0.25) is 0 Å². The second kappa shape index (κ2) is 11.8. The van der Waals surface area contributed by atoms with Gasteiger partial charge in [0.1, 0.15) is 5.75 Å². The maximum Gasteiger partial charge on any atom is 0.341 e. The molecule has 0 bridgehead atoms. The van der Waals surface area contributed by atoms with Gasteiger partial charge in [-0.2, -0.15) is 0 Å². The van der Waals surface area contributed by atoms with Crippen LogP contribution in [-0.4, -0.2) is 22.2 Å². The van der Waals surface area contributed by atoms with Crippen LogP contribution in [0.15, 0.2) is 103 Å². The highest BCUT2D eigenvalue weighted by Crippen LogP contribution is 2.38. The van der Waals surface area contributed by atoms with Gasteiger partial charge in [0, 0.05) is 17.4 Å². The second-order valence-corrected chi connectivity index (χ2v) is 9.66. The fraction of sp³-hybridized carbons (Fsp3) is 0.206. The van der Waals surface area contributed by atoms with Gasteiger partial charge in [0.25, 0.3) is 0 Å². The molecule has 4 heteroatoms. The van der Waals surface area contributed by atoms with Gasteiger partial charge in [0.05, 0.1) is 5.69 Å². The fourth-order valence-electron chi connectivity index (χ4n) is 5.15. The van der Waals surface area contributed by atoms with E-state index in [0.29, 0.717) is 5.75 Å². The Kier molecular flexibility index (Phi) is 7.89. The molecule has 0 atom stereocenters. The van der Waals surface area contributed by atoms with E-state index in [2.05, 4.69) is 90.4 Å². The third-order valence-electron chi connectivity index (χ3n) is 6.98. The highest BCUT2D eigenvalue weighted by Gasteiger charge is 2.19. The summed E-state index contributed by atoms with van der Waals surface area (Å²) in [6.07, 6.45) is 4.57. The molecule has 38 heavy (non-hydrogen) atoms. The van der Waals surface area contributed by atoms with Gasteiger partial charge in [-0.1, -0.05) is 98.6 Å². The lowest BCUT2D eigenvalue weighted by Gasteiger charge is -2.13. The summed E-state index contributed by atoms with van der Waals surface area (Å²) in [6.45, 7) is 2.71. The summed E-state index contributed by atoms with van der Waals surface area (Å²) in [5.74, 6) is -0.428. The first-order valence-corrected chi connectivity index (χ1v) is 13.3. The lowest BCUT2D eigenvalue weighted by molar-refractivity contribution is -0.139. The Morgan fingerprint density at radius 1 is 0.789 bits per heavy atom. The Morgan fingerprint density at radius 2 is 1.47 bits per heavy atom. The molecule has 0 spiro atoms. The largest absolute Gasteiger partial charge is 0.482 e. The number of hydrogen-bond donors (Lipinski definition) is 1. The molecule has 0 aliphatic carbocycles. The number of unbranched alkanes of at least 4 members (excludes halogenated alkanes) is 2. The molecular weight excluding hydrogens is 470 g/mol. The number of aryl methyl sites for hydroxylation is 1. The number of rotatable bonds is 11. The molecule has 0 aliphatic heterocycles. The number of hydrogen-bond acceptors (Lipinski definition) is 2. The zero-order chi connectivity index (χ0) is 26.3. The van der Waals surface area contributed by atoms with Crippen LogP contribution in [0.25, 0.3) is 33.3 Å². The Morgan fingerprint density at radius 3 is 2.16 bits per heavy atom. The second-order valence-electron chi connectivity index (χ2n) is 9.66. The predicted molar refractivity (Wildman–Crippen MR) is 155 cm³/mol. The van der Waals surface area contributed by atoms with Crippen LogP contribution in [0.2, 0.25) is 0 Å². The summed E-state index contributed by atoms with van der Waals surface area (Å²) in [5.41, 5.74) is 8.68. The number of aliphatic carboxylic acids is 1. The van der Waals surface area contributed by atoms with Crippen molar-refractivity contribution in [2.24, 2.45) is 0 Å².